The van der Waals surface area contributed by atoms with Crippen LogP contribution in [0, 0.1) is 6.92 Å². The van der Waals surface area contributed by atoms with Gasteiger partial charge in [-0.15, -0.1) is 0 Å². The molecule has 3 nitrogen and oxygen atoms in total. The average Bonchev–Trinajstić information content (AvgIpc) is 2.16. The van der Waals surface area contributed by atoms with E-state index in [9.17, 15) is 9.90 Å². The maximum absolute atomic E-state index is 10.9. The minimum absolute atomic E-state index is 0.210. The van der Waals surface area contributed by atoms with Crippen LogP contribution in [0.25, 0.3) is 0 Å². The highest BCUT2D eigenvalue weighted by molar-refractivity contribution is 5.82. The Labute approximate surface area is 83.6 Å². The van der Waals surface area contributed by atoms with Gasteiger partial charge >= 0.3 is 0 Å². The second kappa shape index (κ2) is 4.35. The van der Waals surface area contributed by atoms with E-state index in [1.807, 2.05) is 19.1 Å². The molecule has 0 radical (unpaired) electrons. The molecule has 0 unspecified atom stereocenters. The van der Waals surface area contributed by atoms with Crippen LogP contribution in [0.3, 0.4) is 0 Å². The molecule has 0 bridgehead atoms. The zero-order valence-electron chi connectivity index (χ0n) is 8.40. The number of aryl methyl sites for hydroxylation is 1. The van der Waals surface area contributed by atoms with Crippen molar-refractivity contribution in [3.8, 4) is 0 Å². The van der Waals surface area contributed by atoms with Crippen LogP contribution in [-0.2, 0) is 4.79 Å². The van der Waals surface area contributed by atoms with Crippen molar-refractivity contribution in [2.24, 2.45) is 5.73 Å². The summed E-state index contributed by atoms with van der Waals surface area (Å²) in [6, 6.07) is 6.49. The van der Waals surface area contributed by atoms with Gasteiger partial charge in [0, 0.05) is 0 Å². The van der Waals surface area contributed by atoms with Crippen LogP contribution in [0.4, 0.5) is 0 Å². The number of benzene rings is 1. The number of aliphatic hydroxyl groups excluding tert-OH is 1. The van der Waals surface area contributed by atoms with Gasteiger partial charge in [-0.3, -0.25) is 4.79 Å². The summed E-state index contributed by atoms with van der Waals surface area (Å²) in [5.41, 5.74) is 7.32. The predicted molar refractivity (Wildman–Crippen MR) is 54.8 cm³/mol. The normalized spacial score (nSPS) is 14.9. The van der Waals surface area contributed by atoms with E-state index < -0.39 is 12.1 Å². The van der Waals surface area contributed by atoms with Gasteiger partial charge in [0.2, 0.25) is 0 Å². The zero-order valence-corrected chi connectivity index (χ0v) is 8.40. The van der Waals surface area contributed by atoms with Crippen LogP contribution in [0.2, 0.25) is 0 Å². The number of hydrogen-bond acceptors (Lipinski definition) is 3. The van der Waals surface area contributed by atoms with E-state index in [0.29, 0.717) is 5.56 Å². The molecule has 14 heavy (non-hydrogen) atoms. The molecule has 2 atom stereocenters. The van der Waals surface area contributed by atoms with Crippen LogP contribution in [0.15, 0.2) is 24.3 Å². The summed E-state index contributed by atoms with van der Waals surface area (Å²) in [5.74, 6) is -0.210. The van der Waals surface area contributed by atoms with Gasteiger partial charge in [-0.2, -0.15) is 0 Å². The molecule has 1 aromatic carbocycles. The van der Waals surface area contributed by atoms with E-state index in [-0.39, 0.29) is 5.78 Å². The number of carbonyl (C=O) groups excluding carboxylic acids is 1. The molecule has 0 saturated heterocycles. The number of rotatable bonds is 3. The molecule has 3 N–H and O–H groups in total. The summed E-state index contributed by atoms with van der Waals surface area (Å²) >= 11 is 0. The minimum Gasteiger partial charge on any atom is -0.386 e. The topological polar surface area (TPSA) is 63.3 Å². The molecule has 0 aliphatic carbocycles. The lowest BCUT2D eigenvalue weighted by atomic mass is 9.99. The number of Topliss-reactive ketones (excluding diaryl/α,β-unsaturated/α-hetero) is 1. The van der Waals surface area contributed by atoms with Crippen molar-refractivity contribution in [2.45, 2.75) is 26.0 Å². The standard InChI is InChI=1S/C11H15NO2/c1-7-3-5-9(6-4-7)11(14)10(12)8(2)13/h3-6,10-11,14H,12H2,1-2H3/t10-,11-/m1/s1. The molecule has 3 heteroatoms. The van der Waals surface area contributed by atoms with Crippen molar-refractivity contribution >= 4 is 5.78 Å². The van der Waals surface area contributed by atoms with Gasteiger partial charge in [-0.1, -0.05) is 29.8 Å². The molecule has 1 aromatic rings. The molecule has 0 aliphatic rings. The highest BCUT2D eigenvalue weighted by Crippen LogP contribution is 2.16. The number of ketones is 1. The number of carbonyl (C=O) groups is 1. The quantitative estimate of drug-likeness (QED) is 0.751. The second-order valence-corrected chi connectivity index (χ2v) is 3.49. The Morgan fingerprint density at radius 2 is 1.86 bits per heavy atom. The van der Waals surface area contributed by atoms with Gasteiger partial charge in [-0.05, 0) is 19.4 Å². The summed E-state index contributed by atoms with van der Waals surface area (Å²) in [5, 5.41) is 9.70. The fourth-order valence-electron chi connectivity index (χ4n) is 1.19. The molecule has 1 rings (SSSR count). The average molecular weight is 193 g/mol. The van der Waals surface area contributed by atoms with Gasteiger partial charge in [0.1, 0.15) is 11.9 Å². The maximum atomic E-state index is 10.9. The SMILES string of the molecule is CC(=O)[C@@H](N)[C@H](O)c1ccc(C)cc1. The lowest BCUT2D eigenvalue weighted by molar-refractivity contribution is -0.120. The first-order chi connectivity index (χ1) is 6.52. The third-order valence-corrected chi connectivity index (χ3v) is 2.23. The van der Waals surface area contributed by atoms with Crippen LogP contribution in [-0.4, -0.2) is 16.9 Å². The van der Waals surface area contributed by atoms with Crippen molar-refractivity contribution in [3.05, 3.63) is 35.4 Å². The Morgan fingerprint density at radius 1 is 1.36 bits per heavy atom. The lowest BCUT2D eigenvalue weighted by Crippen LogP contribution is -2.35. The third-order valence-electron chi connectivity index (χ3n) is 2.23. The summed E-state index contributed by atoms with van der Waals surface area (Å²) < 4.78 is 0. The number of nitrogens with two attached hydrogens (primary N) is 1. The lowest BCUT2D eigenvalue weighted by Gasteiger charge is -2.16. The van der Waals surface area contributed by atoms with Crippen LogP contribution in [0.1, 0.15) is 24.2 Å². The Hall–Kier alpha value is -1.19. The van der Waals surface area contributed by atoms with Crippen molar-refractivity contribution in [3.63, 3.8) is 0 Å². The first kappa shape index (κ1) is 10.9. The van der Waals surface area contributed by atoms with E-state index >= 15 is 0 Å². The Kier molecular flexibility index (Phi) is 3.38. The van der Waals surface area contributed by atoms with Gasteiger partial charge < -0.3 is 10.8 Å². The molecule has 0 spiro atoms. The van der Waals surface area contributed by atoms with E-state index in [0.717, 1.165) is 5.56 Å². The van der Waals surface area contributed by atoms with Crippen molar-refractivity contribution < 1.29 is 9.90 Å². The smallest absolute Gasteiger partial charge is 0.149 e. The van der Waals surface area contributed by atoms with Crippen LogP contribution < -0.4 is 5.73 Å². The molecule has 76 valence electrons. The Bertz CT molecular complexity index is 319. The van der Waals surface area contributed by atoms with E-state index in [4.69, 9.17) is 5.73 Å². The maximum Gasteiger partial charge on any atom is 0.149 e. The van der Waals surface area contributed by atoms with Crippen molar-refractivity contribution in [1.29, 1.82) is 0 Å². The Balaban J connectivity index is 2.84. The largest absolute Gasteiger partial charge is 0.386 e. The summed E-state index contributed by atoms with van der Waals surface area (Å²) in [6.45, 7) is 3.34. The zero-order chi connectivity index (χ0) is 10.7. The molecule has 0 amide bonds. The molecule has 0 fully saturated rings. The monoisotopic (exact) mass is 193 g/mol. The molecule has 0 aromatic heterocycles. The molecule has 0 aliphatic heterocycles. The predicted octanol–water partition coefficient (Wildman–Crippen LogP) is 0.945. The molecular weight excluding hydrogens is 178 g/mol. The first-order valence-corrected chi connectivity index (χ1v) is 4.53. The second-order valence-electron chi connectivity index (χ2n) is 3.49. The first-order valence-electron chi connectivity index (χ1n) is 4.53. The highest BCUT2D eigenvalue weighted by Gasteiger charge is 2.20. The third kappa shape index (κ3) is 2.40. The van der Waals surface area contributed by atoms with Gasteiger partial charge in [-0.25, -0.2) is 0 Å². The van der Waals surface area contributed by atoms with Crippen LogP contribution in [0.5, 0.6) is 0 Å². The van der Waals surface area contributed by atoms with Crippen LogP contribution >= 0.6 is 0 Å². The van der Waals surface area contributed by atoms with E-state index in [1.165, 1.54) is 6.92 Å². The summed E-state index contributed by atoms with van der Waals surface area (Å²) in [4.78, 5) is 10.9. The fraction of sp³-hybridized carbons (Fsp3) is 0.364. The van der Waals surface area contributed by atoms with Gasteiger partial charge in [0.25, 0.3) is 0 Å². The summed E-state index contributed by atoms with van der Waals surface area (Å²) in [6.07, 6.45) is -0.909. The molecule has 0 heterocycles. The fourth-order valence-corrected chi connectivity index (χ4v) is 1.19. The molecule has 0 saturated carbocycles. The highest BCUT2D eigenvalue weighted by atomic mass is 16.3. The van der Waals surface area contributed by atoms with Gasteiger partial charge in [0.15, 0.2) is 0 Å². The summed E-state index contributed by atoms with van der Waals surface area (Å²) in [7, 11) is 0. The van der Waals surface area contributed by atoms with E-state index in [2.05, 4.69) is 0 Å². The molecular formula is C11H15NO2. The minimum atomic E-state index is -0.909. The van der Waals surface area contributed by atoms with Crippen molar-refractivity contribution in [2.75, 3.05) is 0 Å². The Morgan fingerprint density at radius 3 is 2.29 bits per heavy atom. The number of hydrogen-bond donors (Lipinski definition) is 2. The van der Waals surface area contributed by atoms with Gasteiger partial charge in [0.05, 0.1) is 6.04 Å². The number of aliphatic hydroxyl groups is 1. The van der Waals surface area contributed by atoms with E-state index in [1.54, 1.807) is 12.1 Å². The van der Waals surface area contributed by atoms with Crippen molar-refractivity contribution in [1.82, 2.24) is 0 Å².